The standard InChI is InChI=1S/C20H22N2O4/c1-13(9-19(23)21-2)22(3)20(24)16-6-4-5-14(10-16)15-7-8-17-18(11-15)26-12-25-17/h4-8,10-11,13H,9,12H2,1-3H3,(H,21,23). The van der Waals surface area contributed by atoms with E-state index in [0.717, 1.165) is 16.9 Å². The van der Waals surface area contributed by atoms with Crippen LogP contribution >= 0.6 is 0 Å². The normalized spacial score (nSPS) is 13.2. The Morgan fingerprint density at radius 3 is 2.62 bits per heavy atom. The Morgan fingerprint density at radius 1 is 1.12 bits per heavy atom. The third kappa shape index (κ3) is 3.64. The van der Waals surface area contributed by atoms with Crippen molar-refractivity contribution in [1.82, 2.24) is 10.2 Å². The molecule has 136 valence electrons. The lowest BCUT2D eigenvalue weighted by atomic mass is 10.0. The van der Waals surface area contributed by atoms with Gasteiger partial charge in [0, 0.05) is 32.1 Å². The van der Waals surface area contributed by atoms with E-state index in [4.69, 9.17) is 9.47 Å². The molecule has 3 rings (SSSR count). The number of nitrogens with zero attached hydrogens (tertiary/aromatic N) is 1. The number of carbonyl (C=O) groups is 2. The number of carbonyl (C=O) groups excluding carboxylic acids is 2. The van der Waals surface area contributed by atoms with Crippen LogP contribution in [0.1, 0.15) is 23.7 Å². The lowest BCUT2D eigenvalue weighted by Gasteiger charge is -2.24. The fourth-order valence-corrected chi connectivity index (χ4v) is 2.82. The minimum atomic E-state index is -0.198. The molecule has 1 heterocycles. The molecule has 2 aromatic rings. The SMILES string of the molecule is CNC(=O)CC(C)N(C)C(=O)c1cccc(-c2ccc3c(c2)OCO3)c1. The maximum Gasteiger partial charge on any atom is 0.253 e. The van der Waals surface area contributed by atoms with E-state index < -0.39 is 0 Å². The van der Waals surface area contributed by atoms with E-state index in [2.05, 4.69) is 5.32 Å². The number of hydrogen-bond acceptors (Lipinski definition) is 4. The summed E-state index contributed by atoms with van der Waals surface area (Å²) < 4.78 is 10.8. The molecule has 26 heavy (non-hydrogen) atoms. The summed E-state index contributed by atoms with van der Waals surface area (Å²) in [6.07, 6.45) is 0.264. The molecule has 0 saturated carbocycles. The summed E-state index contributed by atoms with van der Waals surface area (Å²) in [4.78, 5) is 25.9. The molecule has 0 spiro atoms. The maximum atomic E-state index is 12.8. The van der Waals surface area contributed by atoms with Crippen molar-refractivity contribution in [2.45, 2.75) is 19.4 Å². The second-order valence-corrected chi connectivity index (χ2v) is 6.29. The Balaban J connectivity index is 1.80. The Kier molecular flexibility index (Phi) is 5.11. The maximum absolute atomic E-state index is 12.8. The molecule has 0 radical (unpaired) electrons. The highest BCUT2D eigenvalue weighted by Crippen LogP contribution is 2.36. The number of benzene rings is 2. The summed E-state index contributed by atoms with van der Waals surface area (Å²) in [6, 6.07) is 12.9. The zero-order chi connectivity index (χ0) is 18.7. The van der Waals surface area contributed by atoms with Crippen LogP contribution in [0, 0.1) is 0 Å². The van der Waals surface area contributed by atoms with E-state index in [1.54, 1.807) is 25.1 Å². The van der Waals surface area contributed by atoms with Gasteiger partial charge in [-0.2, -0.15) is 0 Å². The first-order valence-electron chi connectivity index (χ1n) is 8.47. The van der Waals surface area contributed by atoms with Crippen LogP contribution in [0.5, 0.6) is 11.5 Å². The highest BCUT2D eigenvalue weighted by atomic mass is 16.7. The second kappa shape index (κ2) is 7.47. The molecule has 0 aliphatic carbocycles. The topological polar surface area (TPSA) is 67.9 Å². The molecule has 6 heteroatoms. The second-order valence-electron chi connectivity index (χ2n) is 6.29. The van der Waals surface area contributed by atoms with E-state index in [-0.39, 0.29) is 31.1 Å². The van der Waals surface area contributed by atoms with Crippen molar-refractivity contribution in [3.8, 4) is 22.6 Å². The van der Waals surface area contributed by atoms with Crippen molar-refractivity contribution < 1.29 is 19.1 Å². The summed E-state index contributed by atoms with van der Waals surface area (Å²) in [7, 11) is 3.30. The molecule has 6 nitrogen and oxygen atoms in total. The Hall–Kier alpha value is -3.02. The number of rotatable bonds is 5. The van der Waals surface area contributed by atoms with Gasteiger partial charge in [0.25, 0.3) is 5.91 Å². The van der Waals surface area contributed by atoms with Crippen LogP contribution in [-0.4, -0.2) is 43.6 Å². The van der Waals surface area contributed by atoms with Crippen LogP contribution in [-0.2, 0) is 4.79 Å². The molecule has 0 bridgehead atoms. The third-order valence-corrected chi connectivity index (χ3v) is 4.56. The molecular weight excluding hydrogens is 332 g/mol. The molecule has 1 N–H and O–H groups in total. The van der Waals surface area contributed by atoms with Gasteiger partial charge in [0.1, 0.15) is 0 Å². The first-order chi connectivity index (χ1) is 12.5. The monoisotopic (exact) mass is 354 g/mol. The van der Waals surface area contributed by atoms with Crippen molar-refractivity contribution in [2.75, 3.05) is 20.9 Å². The van der Waals surface area contributed by atoms with Crippen LogP contribution < -0.4 is 14.8 Å². The van der Waals surface area contributed by atoms with Gasteiger partial charge in [-0.25, -0.2) is 0 Å². The molecular formula is C20H22N2O4. The smallest absolute Gasteiger partial charge is 0.253 e. The summed E-state index contributed by atoms with van der Waals surface area (Å²) in [6.45, 7) is 2.08. The van der Waals surface area contributed by atoms with E-state index >= 15 is 0 Å². The zero-order valence-electron chi connectivity index (χ0n) is 15.1. The van der Waals surface area contributed by atoms with E-state index in [0.29, 0.717) is 11.3 Å². The Bertz CT molecular complexity index is 834. The van der Waals surface area contributed by atoms with Gasteiger partial charge in [-0.3, -0.25) is 9.59 Å². The molecule has 1 aliphatic rings. The van der Waals surface area contributed by atoms with Crippen molar-refractivity contribution in [2.24, 2.45) is 0 Å². The van der Waals surface area contributed by atoms with Crippen molar-refractivity contribution in [3.63, 3.8) is 0 Å². The van der Waals surface area contributed by atoms with Gasteiger partial charge in [0.15, 0.2) is 11.5 Å². The van der Waals surface area contributed by atoms with Gasteiger partial charge in [0.2, 0.25) is 12.7 Å². The highest BCUT2D eigenvalue weighted by Gasteiger charge is 2.20. The van der Waals surface area contributed by atoms with Gasteiger partial charge in [-0.1, -0.05) is 18.2 Å². The van der Waals surface area contributed by atoms with Gasteiger partial charge in [-0.05, 0) is 42.3 Å². The number of ether oxygens (including phenoxy) is 2. The number of nitrogens with one attached hydrogen (secondary N) is 1. The summed E-state index contributed by atoms with van der Waals surface area (Å²) >= 11 is 0. The predicted octanol–water partition coefficient (Wildman–Crippen LogP) is 2.68. The predicted molar refractivity (Wildman–Crippen MR) is 98.2 cm³/mol. The van der Waals surface area contributed by atoms with Crippen molar-refractivity contribution in [1.29, 1.82) is 0 Å². The molecule has 2 aromatic carbocycles. The first-order valence-corrected chi connectivity index (χ1v) is 8.47. The number of hydrogen-bond donors (Lipinski definition) is 1. The number of fused-ring (bicyclic) bond motifs is 1. The molecule has 2 amide bonds. The van der Waals surface area contributed by atoms with Crippen LogP contribution in [0.4, 0.5) is 0 Å². The zero-order valence-corrected chi connectivity index (χ0v) is 15.1. The minimum Gasteiger partial charge on any atom is -0.454 e. The molecule has 1 atom stereocenters. The Morgan fingerprint density at radius 2 is 1.85 bits per heavy atom. The van der Waals surface area contributed by atoms with Gasteiger partial charge < -0.3 is 19.7 Å². The summed E-state index contributed by atoms with van der Waals surface area (Å²) in [5.41, 5.74) is 2.44. The molecule has 0 saturated heterocycles. The Labute approximate surface area is 152 Å². The highest BCUT2D eigenvalue weighted by molar-refractivity contribution is 5.96. The average Bonchev–Trinajstić information content (AvgIpc) is 3.14. The summed E-state index contributed by atoms with van der Waals surface area (Å²) in [5, 5.41) is 2.58. The van der Waals surface area contributed by atoms with E-state index in [9.17, 15) is 9.59 Å². The fraction of sp³-hybridized carbons (Fsp3) is 0.300. The van der Waals surface area contributed by atoms with Crippen LogP contribution in [0.25, 0.3) is 11.1 Å². The molecule has 1 unspecified atom stereocenters. The number of amides is 2. The average molecular weight is 354 g/mol. The quantitative estimate of drug-likeness (QED) is 0.896. The van der Waals surface area contributed by atoms with Crippen LogP contribution in [0.3, 0.4) is 0 Å². The van der Waals surface area contributed by atoms with Crippen molar-refractivity contribution in [3.05, 3.63) is 48.0 Å². The minimum absolute atomic E-state index is 0.0914. The molecule has 0 fully saturated rings. The van der Waals surface area contributed by atoms with E-state index in [1.165, 1.54) is 0 Å². The van der Waals surface area contributed by atoms with Gasteiger partial charge >= 0.3 is 0 Å². The first kappa shape index (κ1) is 17.8. The largest absolute Gasteiger partial charge is 0.454 e. The lowest BCUT2D eigenvalue weighted by Crippen LogP contribution is -2.38. The molecule has 0 aromatic heterocycles. The van der Waals surface area contributed by atoms with Crippen molar-refractivity contribution >= 4 is 11.8 Å². The summed E-state index contributed by atoms with van der Waals surface area (Å²) in [5.74, 6) is 1.22. The van der Waals surface area contributed by atoms with Gasteiger partial charge in [0.05, 0.1) is 0 Å². The van der Waals surface area contributed by atoms with Crippen LogP contribution in [0.15, 0.2) is 42.5 Å². The lowest BCUT2D eigenvalue weighted by molar-refractivity contribution is -0.121. The van der Waals surface area contributed by atoms with Crippen LogP contribution in [0.2, 0.25) is 0 Å². The third-order valence-electron chi connectivity index (χ3n) is 4.56. The van der Waals surface area contributed by atoms with Gasteiger partial charge in [-0.15, -0.1) is 0 Å². The van der Waals surface area contributed by atoms with E-state index in [1.807, 2.05) is 43.3 Å². The molecule has 1 aliphatic heterocycles. The fourth-order valence-electron chi connectivity index (χ4n) is 2.82.